The van der Waals surface area contributed by atoms with Gasteiger partial charge >= 0.3 is 0 Å². The summed E-state index contributed by atoms with van der Waals surface area (Å²) < 4.78 is 11.4. The molecule has 0 radical (unpaired) electrons. The molecule has 1 atom stereocenters. The molecule has 0 spiro atoms. The van der Waals surface area contributed by atoms with Crippen LogP contribution in [0.25, 0.3) is 0 Å². The maximum atomic E-state index is 5.84. The summed E-state index contributed by atoms with van der Waals surface area (Å²) in [5.74, 6) is 2.52. The van der Waals surface area contributed by atoms with E-state index in [0.717, 1.165) is 24.0 Å². The van der Waals surface area contributed by atoms with E-state index in [2.05, 4.69) is 12.2 Å². The maximum absolute atomic E-state index is 5.84. The Morgan fingerprint density at radius 2 is 1.76 bits per heavy atom. The molecule has 1 fully saturated rings. The Bertz CT molecular complexity index is 402. The lowest BCUT2D eigenvalue weighted by Gasteiger charge is -2.28. The van der Waals surface area contributed by atoms with Gasteiger partial charge in [0.15, 0.2) is 11.5 Å². The van der Waals surface area contributed by atoms with E-state index >= 15 is 0 Å². The third-order valence-corrected chi connectivity index (χ3v) is 4.33. The molecule has 0 saturated heterocycles. The summed E-state index contributed by atoms with van der Waals surface area (Å²) in [4.78, 5) is 0. The lowest BCUT2D eigenvalue weighted by Crippen LogP contribution is -2.37. The number of para-hydroxylation sites is 2. The fourth-order valence-electron chi connectivity index (χ4n) is 3.09. The standard InChI is InChI=1S/C18H29NO2/c1-3-20-17-11-7-8-12-18(17)21-14-13-19-15(2)16-9-5-4-6-10-16/h7-8,11-12,15-16,19H,3-6,9-10,13-14H2,1-2H3/t15-/m0/s1. The van der Waals surface area contributed by atoms with Crippen LogP contribution in [0.4, 0.5) is 0 Å². The SMILES string of the molecule is CCOc1ccccc1OCCN[C@@H](C)C1CCCCC1. The molecule has 1 aliphatic rings. The van der Waals surface area contributed by atoms with Gasteiger partial charge in [0.05, 0.1) is 6.61 Å². The Morgan fingerprint density at radius 3 is 2.43 bits per heavy atom. The van der Waals surface area contributed by atoms with E-state index in [0.29, 0.717) is 19.3 Å². The molecular formula is C18H29NO2. The molecule has 0 aromatic heterocycles. The minimum absolute atomic E-state index is 0.594. The summed E-state index contributed by atoms with van der Waals surface area (Å²) in [5.41, 5.74) is 0. The van der Waals surface area contributed by atoms with Gasteiger partial charge in [-0.3, -0.25) is 0 Å². The van der Waals surface area contributed by atoms with E-state index in [1.165, 1.54) is 32.1 Å². The summed E-state index contributed by atoms with van der Waals surface area (Å²) in [7, 11) is 0. The Morgan fingerprint density at radius 1 is 1.10 bits per heavy atom. The van der Waals surface area contributed by atoms with E-state index in [-0.39, 0.29) is 0 Å². The van der Waals surface area contributed by atoms with E-state index in [4.69, 9.17) is 9.47 Å². The normalized spacial score (nSPS) is 17.4. The van der Waals surface area contributed by atoms with Crippen LogP contribution in [0, 0.1) is 5.92 Å². The van der Waals surface area contributed by atoms with Crippen molar-refractivity contribution in [2.75, 3.05) is 19.8 Å². The Hall–Kier alpha value is -1.22. The second-order valence-electron chi connectivity index (χ2n) is 5.87. The highest BCUT2D eigenvalue weighted by atomic mass is 16.5. The number of nitrogens with one attached hydrogen (secondary N) is 1. The van der Waals surface area contributed by atoms with Gasteiger partial charge in [-0.2, -0.15) is 0 Å². The lowest BCUT2D eigenvalue weighted by molar-refractivity contribution is 0.247. The van der Waals surface area contributed by atoms with Gasteiger partial charge in [0.2, 0.25) is 0 Å². The highest BCUT2D eigenvalue weighted by Gasteiger charge is 2.19. The molecule has 3 heteroatoms. The summed E-state index contributed by atoms with van der Waals surface area (Å²) in [6.45, 7) is 6.53. The van der Waals surface area contributed by atoms with Crippen molar-refractivity contribution in [3.63, 3.8) is 0 Å². The maximum Gasteiger partial charge on any atom is 0.161 e. The first kappa shape index (κ1) is 16.2. The van der Waals surface area contributed by atoms with Crippen LogP contribution in [-0.2, 0) is 0 Å². The molecular weight excluding hydrogens is 262 g/mol. The van der Waals surface area contributed by atoms with E-state index in [1.807, 2.05) is 31.2 Å². The number of rotatable bonds is 8. The fraction of sp³-hybridized carbons (Fsp3) is 0.667. The summed E-state index contributed by atoms with van der Waals surface area (Å²) in [6, 6.07) is 8.47. The molecule has 0 bridgehead atoms. The molecule has 21 heavy (non-hydrogen) atoms. The number of hydrogen-bond donors (Lipinski definition) is 1. The Labute approximate surface area is 129 Å². The number of ether oxygens (including phenoxy) is 2. The van der Waals surface area contributed by atoms with Crippen LogP contribution in [0.5, 0.6) is 11.5 Å². The predicted octanol–water partition coefficient (Wildman–Crippen LogP) is 4.02. The second-order valence-corrected chi connectivity index (χ2v) is 5.87. The van der Waals surface area contributed by atoms with Gasteiger partial charge in [-0.25, -0.2) is 0 Å². The molecule has 0 amide bonds. The van der Waals surface area contributed by atoms with Crippen molar-refractivity contribution in [3.8, 4) is 11.5 Å². The van der Waals surface area contributed by atoms with Crippen LogP contribution in [0.2, 0.25) is 0 Å². The first-order valence-electron chi connectivity index (χ1n) is 8.39. The lowest BCUT2D eigenvalue weighted by atomic mass is 9.84. The third kappa shape index (κ3) is 5.24. The average molecular weight is 291 g/mol. The first-order chi connectivity index (χ1) is 10.3. The molecule has 0 unspecified atom stereocenters. The van der Waals surface area contributed by atoms with Gasteiger partial charge in [-0.15, -0.1) is 0 Å². The molecule has 1 saturated carbocycles. The van der Waals surface area contributed by atoms with Crippen LogP contribution in [0.15, 0.2) is 24.3 Å². The van der Waals surface area contributed by atoms with E-state index < -0.39 is 0 Å². The van der Waals surface area contributed by atoms with Crippen LogP contribution in [0.3, 0.4) is 0 Å². The molecule has 1 N–H and O–H groups in total. The highest BCUT2D eigenvalue weighted by molar-refractivity contribution is 5.39. The second kappa shape index (κ2) is 8.93. The van der Waals surface area contributed by atoms with Crippen molar-refractivity contribution < 1.29 is 9.47 Å². The topological polar surface area (TPSA) is 30.5 Å². The average Bonchev–Trinajstić information content (AvgIpc) is 2.54. The van der Waals surface area contributed by atoms with E-state index in [9.17, 15) is 0 Å². The third-order valence-electron chi connectivity index (χ3n) is 4.33. The smallest absolute Gasteiger partial charge is 0.161 e. The zero-order valence-corrected chi connectivity index (χ0v) is 13.4. The minimum Gasteiger partial charge on any atom is -0.490 e. The number of hydrogen-bond acceptors (Lipinski definition) is 3. The van der Waals surface area contributed by atoms with Crippen molar-refractivity contribution in [1.82, 2.24) is 5.32 Å². The first-order valence-corrected chi connectivity index (χ1v) is 8.39. The van der Waals surface area contributed by atoms with Gasteiger partial charge in [-0.05, 0) is 44.7 Å². The van der Waals surface area contributed by atoms with Crippen molar-refractivity contribution in [2.45, 2.75) is 52.0 Å². The molecule has 0 aliphatic heterocycles. The molecule has 118 valence electrons. The minimum atomic E-state index is 0.594. The molecule has 1 aromatic rings. The van der Waals surface area contributed by atoms with Crippen LogP contribution < -0.4 is 14.8 Å². The highest BCUT2D eigenvalue weighted by Crippen LogP contribution is 2.27. The fourth-order valence-corrected chi connectivity index (χ4v) is 3.09. The molecule has 1 aliphatic carbocycles. The number of benzene rings is 1. The van der Waals surface area contributed by atoms with Gasteiger partial charge in [0.25, 0.3) is 0 Å². The van der Waals surface area contributed by atoms with Crippen molar-refractivity contribution in [1.29, 1.82) is 0 Å². The van der Waals surface area contributed by atoms with Gasteiger partial charge in [0.1, 0.15) is 6.61 Å². The Balaban J connectivity index is 1.69. The predicted molar refractivity (Wildman–Crippen MR) is 87.1 cm³/mol. The summed E-state index contributed by atoms with van der Waals surface area (Å²) in [5, 5.41) is 3.61. The van der Waals surface area contributed by atoms with Gasteiger partial charge in [-0.1, -0.05) is 31.4 Å². The zero-order valence-electron chi connectivity index (χ0n) is 13.4. The van der Waals surface area contributed by atoms with Crippen molar-refractivity contribution in [3.05, 3.63) is 24.3 Å². The Kier molecular flexibility index (Phi) is 6.87. The van der Waals surface area contributed by atoms with Crippen LogP contribution in [0.1, 0.15) is 46.0 Å². The van der Waals surface area contributed by atoms with Gasteiger partial charge in [0, 0.05) is 12.6 Å². The monoisotopic (exact) mass is 291 g/mol. The van der Waals surface area contributed by atoms with Crippen LogP contribution in [-0.4, -0.2) is 25.8 Å². The molecule has 1 aromatic carbocycles. The zero-order chi connectivity index (χ0) is 14.9. The molecule has 3 nitrogen and oxygen atoms in total. The van der Waals surface area contributed by atoms with Crippen LogP contribution >= 0.6 is 0 Å². The van der Waals surface area contributed by atoms with Crippen molar-refractivity contribution in [2.24, 2.45) is 5.92 Å². The van der Waals surface area contributed by atoms with Gasteiger partial charge < -0.3 is 14.8 Å². The molecule has 0 heterocycles. The summed E-state index contributed by atoms with van der Waals surface area (Å²) >= 11 is 0. The van der Waals surface area contributed by atoms with E-state index in [1.54, 1.807) is 0 Å². The summed E-state index contributed by atoms with van der Waals surface area (Å²) in [6.07, 6.45) is 6.97. The largest absolute Gasteiger partial charge is 0.490 e. The quantitative estimate of drug-likeness (QED) is 0.734. The molecule has 2 rings (SSSR count). The van der Waals surface area contributed by atoms with Crippen molar-refractivity contribution >= 4 is 0 Å².